The number of hydrogen-bond donors (Lipinski definition) is 2. The van der Waals surface area contributed by atoms with E-state index in [0.717, 1.165) is 27.2 Å². The Hall–Kier alpha value is -3.49. The fourth-order valence-corrected chi connectivity index (χ4v) is 5.06. The molecule has 1 atom stereocenters. The van der Waals surface area contributed by atoms with E-state index in [1.807, 2.05) is 53.8 Å². The first-order valence-electron chi connectivity index (χ1n) is 11.7. The molecule has 1 fully saturated rings. The summed E-state index contributed by atoms with van der Waals surface area (Å²) in [5.74, 6) is -6.70. The maximum atomic E-state index is 14.6. The summed E-state index contributed by atoms with van der Waals surface area (Å²) in [5.41, 5.74) is 2.83. The quantitative estimate of drug-likeness (QED) is 0.610. The number of nitrogens with zero attached hydrogens (tertiary/aromatic N) is 1. The van der Waals surface area contributed by atoms with E-state index in [1.165, 1.54) is 0 Å². The van der Waals surface area contributed by atoms with Gasteiger partial charge in [0.1, 0.15) is 6.61 Å². The number of aliphatic carboxylic acids is 1. The van der Waals surface area contributed by atoms with Gasteiger partial charge in [0.05, 0.1) is 12.0 Å². The zero-order valence-corrected chi connectivity index (χ0v) is 19.4. The molecule has 2 aromatic carbocycles. The number of fused-ring (bicyclic) bond motifs is 3. The van der Waals surface area contributed by atoms with Crippen LogP contribution in [0.5, 0.6) is 0 Å². The van der Waals surface area contributed by atoms with Crippen LogP contribution in [0.4, 0.5) is 13.6 Å². The highest BCUT2D eigenvalue weighted by molar-refractivity contribution is 5.86. The number of rotatable bonds is 7. The molecule has 1 unspecified atom stereocenters. The van der Waals surface area contributed by atoms with E-state index >= 15 is 0 Å². The van der Waals surface area contributed by atoms with Crippen LogP contribution in [0.1, 0.15) is 43.2 Å². The van der Waals surface area contributed by atoms with E-state index in [2.05, 4.69) is 0 Å². The third-order valence-corrected chi connectivity index (χ3v) is 7.11. The van der Waals surface area contributed by atoms with Gasteiger partial charge < -0.3 is 20.1 Å². The summed E-state index contributed by atoms with van der Waals surface area (Å²) in [6.07, 6.45) is -0.171. The van der Waals surface area contributed by atoms with Crippen molar-refractivity contribution >= 4 is 18.0 Å². The number of amides is 2. The first-order valence-corrected chi connectivity index (χ1v) is 11.7. The van der Waals surface area contributed by atoms with Crippen molar-refractivity contribution in [3.63, 3.8) is 0 Å². The Morgan fingerprint density at radius 3 is 2.29 bits per heavy atom. The molecule has 1 heterocycles. The number of alkyl halides is 2. The van der Waals surface area contributed by atoms with E-state index in [9.17, 15) is 28.3 Å². The van der Waals surface area contributed by atoms with Crippen LogP contribution in [0.3, 0.4) is 0 Å². The molecule has 1 aliphatic heterocycles. The average Bonchev–Trinajstić information content (AvgIpc) is 3.19. The summed E-state index contributed by atoms with van der Waals surface area (Å²) in [5, 5.41) is 11.5. The van der Waals surface area contributed by atoms with Crippen molar-refractivity contribution in [2.75, 3.05) is 26.2 Å². The number of carbonyl (C=O) groups is 3. The molecule has 2 N–H and O–H groups in total. The molecule has 0 bridgehead atoms. The van der Waals surface area contributed by atoms with Crippen molar-refractivity contribution in [3.05, 3.63) is 59.7 Å². The number of alkyl carbamates (subject to hydrolysis) is 1. The molecule has 0 spiro atoms. The van der Waals surface area contributed by atoms with E-state index in [0.29, 0.717) is 12.8 Å². The van der Waals surface area contributed by atoms with Crippen LogP contribution >= 0.6 is 0 Å². The van der Waals surface area contributed by atoms with Crippen LogP contribution < -0.4 is 5.32 Å². The molecule has 1 saturated heterocycles. The van der Waals surface area contributed by atoms with Gasteiger partial charge in [0.15, 0.2) is 0 Å². The first-order chi connectivity index (χ1) is 16.7. The molecule has 9 heteroatoms. The maximum absolute atomic E-state index is 14.6. The lowest BCUT2D eigenvalue weighted by atomic mass is 9.77. The molecule has 2 aromatic rings. The minimum atomic E-state index is -3.89. The highest BCUT2D eigenvalue weighted by Crippen LogP contribution is 2.44. The van der Waals surface area contributed by atoms with Crippen LogP contribution in [-0.2, 0) is 14.3 Å². The second-order valence-corrected chi connectivity index (χ2v) is 9.15. The predicted molar refractivity (Wildman–Crippen MR) is 124 cm³/mol. The Morgan fingerprint density at radius 1 is 1.11 bits per heavy atom. The lowest BCUT2D eigenvalue weighted by molar-refractivity contribution is -0.165. The Morgan fingerprint density at radius 2 is 1.71 bits per heavy atom. The molecule has 0 radical (unpaired) electrons. The second-order valence-electron chi connectivity index (χ2n) is 9.15. The predicted octanol–water partition coefficient (Wildman–Crippen LogP) is 4.26. The topological polar surface area (TPSA) is 95.9 Å². The molecule has 35 heavy (non-hydrogen) atoms. The number of halogens is 2. The molecular weight excluding hydrogens is 458 g/mol. The van der Waals surface area contributed by atoms with Crippen molar-refractivity contribution in [2.24, 2.45) is 5.41 Å². The molecule has 2 aliphatic rings. The molecule has 186 valence electrons. The number of piperidine rings is 1. The van der Waals surface area contributed by atoms with Crippen LogP contribution in [0.2, 0.25) is 0 Å². The van der Waals surface area contributed by atoms with Gasteiger partial charge >= 0.3 is 18.0 Å². The number of benzene rings is 2. The molecule has 7 nitrogen and oxygen atoms in total. The minimum Gasteiger partial charge on any atom is -0.481 e. The van der Waals surface area contributed by atoms with Crippen LogP contribution in [0.25, 0.3) is 11.1 Å². The zero-order valence-electron chi connectivity index (χ0n) is 19.4. The SMILES string of the molecule is CCC1(C(=O)O)CCCN(C(=O)C(F)(F)CNC(=O)OCC2c3ccccc3-c3ccccc32)C1. The minimum absolute atomic E-state index is 0.0386. The van der Waals surface area contributed by atoms with Crippen molar-refractivity contribution < 1.29 is 33.0 Å². The van der Waals surface area contributed by atoms with Crippen LogP contribution in [0.15, 0.2) is 48.5 Å². The zero-order chi connectivity index (χ0) is 25.2. The molecule has 4 rings (SSSR count). The highest BCUT2D eigenvalue weighted by atomic mass is 19.3. The maximum Gasteiger partial charge on any atom is 0.407 e. The van der Waals surface area contributed by atoms with Crippen molar-refractivity contribution in [3.8, 4) is 11.1 Å². The third kappa shape index (κ3) is 4.72. The molecule has 0 aromatic heterocycles. The number of carboxylic acid groups (broad SMARTS) is 1. The Labute approximate surface area is 202 Å². The van der Waals surface area contributed by atoms with Gasteiger partial charge in [-0.3, -0.25) is 9.59 Å². The molecule has 2 amide bonds. The standard InChI is InChI=1S/C26H28F2N2O5/c1-2-25(23(32)33)12-7-13-30(16-25)22(31)26(27,28)15-29-24(34)35-14-21-19-10-5-3-8-17(19)18-9-4-6-11-20(18)21/h3-6,8-11,21H,2,7,12-16H2,1H3,(H,29,34)(H,32,33). The van der Waals surface area contributed by atoms with Crippen molar-refractivity contribution in [1.82, 2.24) is 10.2 Å². The van der Waals surface area contributed by atoms with Gasteiger partial charge in [0.2, 0.25) is 0 Å². The number of carbonyl (C=O) groups excluding carboxylic acids is 2. The lowest BCUT2D eigenvalue weighted by Gasteiger charge is -2.40. The van der Waals surface area contributed by atoms with E-state index in [1.54, 1.807) is 6.92 Å². The van der Waals surface area contributed by atoms with Crippen molar-refractivity contribution in [1.29, 1.82) is 0 Å². The summed E-state index contributed by atoms with van der Waals surface area (Å²) in [6, 6.07) is 15.5. The highest BCUT2D eigenvalue weighted by Gasteiger charge is 2.48. The van der Waals surface area contributed by atoms with E-state index in [-0.39, 0.29) is 32.0 Å². The molecule has 1 aliphatic carbocycles. The Bertz CT molecular complexity index is 1090. The molecular formula is C26H28F2N2O5. The van der Waals surface area contributed by atoms with E-state index < -0.39 is 35.9 Å². The number of hydrogen-bond acceptors (Lipinski definition) is 4. The van der Waals surface area contributed by atoms with Crippen LogP contribution in [0, 0.1) is 5.41 Å². The number of nitrogens with one attached hydrogen (secondary N) is 1. The fraction of sp³-hybridized carbons (Fsp3) is 0.423. The summed E-state index contributed by atoms with van der Waals surface area (Å²) in [4.78, 5) is 37.3. The number of ether oxygens (including phenoxy) is 1. The second kappa shape index (κ2) is 9.64. The Kier molecular flexibility index (Phi) is 6.78. The monoisotopic (exact) mass is 486 g/mol. The van der Waals surface area contributed by atoms with E-state index in [4.69, 9.17) is 4.74 Å². The third-order valence-electron chi connectivity index (χ3n) is 7.11. The number of carboxylic acids is 1. The van der Waals surface area contributed by atoms with Gasteiger partial charge in [-0.05, 0) is 41.5 Å². The Balaban J connectivity index is 1.35. The average molecular weight is 487 g/mol. The van der Waals surface area contributed by atoms with Gasteiger partial charge in [0.25, 0.3) is 5.91 Å². The van der Waals surface area contributed by atoms with Gasteiger partial charge in [-0.1, -0.05) is 55.5 Å². The summed E-state index contributed by atoms with van der Waals surface area (Å²) >= 11 is 0. The van der Waals surface area contributed by atoms with Gasteiger partial charge in [-0.15, -0.1) is 0 Å². The van der Waals surface area contributed by atoms with Gasteiger partial charge in [-0.25, -0.2) is 4.79 Å². The summed E-state index contributed by atoms with van der Waals surface area (Å²) in [7, 11) is 0. The van der Waals surface area contributed by atoms with Gasteiger partial charge in [0, 0.05) is 19.0 Å². The largest absolute Gasteiger partial charge is 0.481 e. The van der Waals surface area contributed by atoms with Crippen LogP contribution in [-0.4, -0.2) is 60.1 Å². The lowest BCUT2D eigenvalue weighted by Crippen LogP contribution is -2.56. The molecule has 0 saturated carbocycles. The van der Waals surface area contributed by atoms with Crippen molar-refractivity contribution in [2.45, 2.75) is 38.0 Å². The normalized spacial score (nSPS) is 19.6. The first kappa shape index (κ1) is 24.6. The summed E-state index contributed by atoms with van der Waals surface area (Å²) in [6.45, 7) is 0.167. The fourth-order valence-electron chi connectivity index (χ4n) is 5.06. The summed E-state index contributed by atoms with van der Waals surface area (Å²) < 4.78 is 34.5. The van der Waals surface area contributed by atoms with Gasteiger partial charge in [-0.2, -0.15) is 8.78 Å². The smallest absolute Gasteiger partial charge is 0.407 e. The number of likely N-dealkylation sites (tertiary alicyclic amines) is 1.